The summed E-state index contributed by atoms with van der Waals surface area (Å²) in [5.74, 6) is 0.528. The van der Waals surface area contributed by atoms with E-state index in [0.717, 1.165) is 32.7 Å². The van der Waals surface area contributed by atoms with Gasteiger partial charge in [-0.25, -0.2) is 0 Å². The minimum Gasteiger partial charge on any atom is -0.381 e. The number of amides is 1. The van der Waals surface area contributed by atoms with E-state index in [-0.39, 0.29) is 6.41 Å². The van der Waals surface area contributed by atoms with Crippen LogP contribution in [0.3, 0.4) is 0 Å². The molecule has 1 aromatic carbocycles. The smallest absolute Gasteiger partial charge is 0.204 e. The predicted molar refractivity (Wildman–Crippen MR) is 96.5 cm³/mol. The first-order valence-corrected chi connectivity index (χ1v) is 8.44. The van der Waals surface area contributed by atoms with Gasteiger partial charge in [-0.3, -0.25) is 4.79 Å². The first-order valence-electron chi connectivity index (χ1n) is 8.44. The zero-order valence-corrected chi connectivity index (χ0v) is 14.3. The number of ether oxygens (including phenoxy) is 1. The third kappa shape index (κ3) is 3.12. The molecule has 1 amide bonds. The highest BCUT2D eigenvalue weighted by Crippen LogP contribution is 2.34. The number of anilines is 1. The van der Waals surface area contributed by atoms with Crippen molar-refractivity contribution in [3.63, 3.8) is 0 Å². The van der Waals surface area contributed by atoms with Crippen molar-refractivity contribution >= 4 is 23.0 Å². The molecule has 2 aliphatic rings. The lowest BCUT2D eigenvalue weighted by Gasteiger charge is -2.37. The molecule has 4 rings (SSSR count). The van der Waals surface area contributed by atoms with Gasteiger partial charge in [0.2, 0.25) is 6.41 Å². The fourth-order valence-corrected chi connectivity index (χ4v) is 3.42. The number of carbonyl (C=O) groups is 1. The summed E-state index contributed by atoms with van der Waals surface area (Å²) in [6.45, 7) is 6.09. The standard InChI is InChI=1S/C17H23N3O.CH3NO/c1-11-3-4-16(20(2)13-8-18-9-13)14-7-15(19-17(11)14)12-5-6-21-10-12;2-1-3/h3-4,7,12-13,18-19H,5-6,8-10H2,1-2H3;1H,(H2,2,3). The van der Waals surface area contributed by atoms with Crippen molar-refractivity contribution < 1.29 is 9.53 Å². The monoisotopic (exact) mass is 330 g/mol. The van der Waals surface area contributed by atoms with Gasteiger partial charge in [-0.15, -0.1) is 0 Å². The van der Waals surface area contributed by atoms with E-state index in [2.05, 4.69) is 53.1 Å². The quantitative estimate of drug-likeness (QED) is 0.745. The lowest BCUT2D eigenvalue weighted by molar-refractivity contribution is -0.106. The second kappa shape index (κ2) is 7.23. The molecule has 130 valence electrons. The number of nitrogens with two attached hydrogens (primary N) is 1. The third-order valence-corrected chi connectivity index (χ3v) is 5.06. The van der Waals surface area contributed by atoms with Crippen molar-refractivity contribution in [2.24, 2.45) is 5.73 Å². The summed E-state index contributed by atoms with van der Waals surface area (Å²) in [6, 6.07) is 7.45. The molecule has 3 heterocycles. The molecule has 2 saturated heterocycles. The van der Waals surface area contributed by atoms with E-state index in [4.69, 9.17) is 9.53 Å². The number of hydrogen-bond acceptors (Lipinski definition) is 4. The van der Waals surface area contributed by atoms with Crippen LogP contribution in [-0.4, -0.2) is 50.8 Å². The molecular weight excluding hydrogens is 304 g/mol. The Hall–Kier alpha value is -2.05. The van der Waals surface area contributed by atoms with Crippen LogP contribution in [0.25, 0.3) is 10.9 Å². The van der Waals surface area contributed by atoms with Gasteiger partial charge in [-0.05, 0) is 31.0 Å². The Morgan fingerprint density at radius 1 is 1.38 bits per heavy atom. The molecule has 1 atom stereocenters. The number of fused-ring (bicyclic) bond motifs is 1. The van der Waals surface area contributed by atoms with Crippen molar-refractivity contribution in [2.45, 2.75) is 25.3 Å². The van der Waals surface area contributed by atoms with Crippen molar-refractivity contribution in [1.82, 2.24) is 10.3 Å². The van der Waals surface area contributed by atoms with Gasteiger partial charge in [0.1, 0.15) is 0 Å². The fraction of sp³-hybridized carbons (Fsp3) is 0.500. The number of primary amides is 1. The zero-order chi connectivity index (χ0) is 17.1. The van der Waals surface area contributed by atoms with E-state index < -0.39 is 0 Å². The highest BCUT2D eigenvalue weighted by molar-refractivity contribution is 5.95. The topological polar surface area (TPSA) is 83.4 Å². The molecule has 0 spiro atoms. The molecule has 4 N–H and O–H groups in total. The van der Waals surface area contributed by atoms with Crippen LogP contribution >= 0.6 is 0 Å². The van der Waals surface area contributed by atoms with Crippen LogP contribution in [0.1, 0.15) is 23.6 Å². The number of rotatable bonds is 3. The number of aromatic amines is 1. The molecule has 2 aromatic rings. The average molecular weight is 330 g/mol. The van der Waals surface area contributed by atoms with Crippen LogP contribution in [0, 0.1) is 6.92 Å². The molecule has 24 heavy (non-hydrogen) atoms. The van der Waals surface area contributed by atoms with Crippen LogP contribution < -0.4 is 16.0 Å². The van der Waals surface area contributed by atoms with Gasteiger partial charge in [0.25, 0.3) is 0 Å². The van der Waals surface area contributed by atoms with E-state index in [9.17, 15) is 0 Å². The number of aryl methyl sites for hydroxylation is 1. The number of nitrogens with one attached hydrogen (secondary N) is 2. The number of aromatic nitrogens is 1. The average Bonchev–Trinajstić information content (AvgIpc) is 3.16. The Morgan fingerprint density at radius 3 is 2.71 bits per heavy atom. The summed E-state index contributed by atoms with van der Waals surface area (Å²) < 4.78 is 5.54. The molecule has 6 heteroatoms. The Balaban J connectivity index is 0.000000526. The number of hydrogen-bond donors (Lipinski definition) is 3. The van der Waals surface area contributed by atoms with Crippen LogP contribution in [-0.2, 0) is 9.53 Å². The molecule has 0 bridgehead atoms. The van der Waals surface area contributed by atoms with E-state index in [1.54, 1.807) is 0 Å². The first-order chi connectivity index (χ1) is 11.7. The maximum Gasteiger partial charge on any atom is 0.204 e. The Bertz CT molecular complexity index is 702. The maximum absolute atomic E-state index is 8.58. The summed E-state index contributed by atoms with van der Waals surface area (Å²) in [4.78, 5) is 14.7. The van der Waals surface area contributed by atoms with Gasteiger partial charge in [0.15, 0.2) is 0 Å². The minimum atomic E-state index is 0.250. The molecule has 1 unspecified atom stereocenters. The largest absolute Gasteiger partial charge is 0.381 e. The van der Waals surface area contributed by atoms with Gasteiger partial charge < -0.3 is 25.7 Å². The first kappa shape index (κ1) is 16.8. The van der Waals surface area contributed by atoms with Gasteiger partial charge in [-0.1, -0.05) is 6.07 Å². The number of likely N-dealkylation sites (N-methyl/N-ethyl adjacent to an activating group) is 1. The highest BCUT2D eigenvalue weighted by Gasteiger charge is 2.25. The van der Waals surface area contributed by atoms with Crippen LogP contribution in [0.2, 0.25) is 0 Å². The molecule has 0 saturated carbocycles. The predicted octanol–water partition coefficient (Wildman–Crippen LogP) is 1.49. The van der Waals surface area contributed by atoms with Crippen molar-refractivity contribution in [2.75, 3.05) is 38.3 Å². The molecule has 1 aromatic heterocycles. The number of benzene rings is 1. The normalized spacial score (nSPS) is 20.3. The van der Waals surface area contributed by atoms with E-state index >= 15 is 0 Å². The van der Waals surface area contributed by atoms with E-state index in [0.29, 0.717) is 12.0 Å². The van der Waals surface area contributed by atoms with Crippen LogP contribution in [0.15, 0.2) is 18.2 Å². The molecule has 6 nitrogen and oxygen atoms in total. The summed E-state index contributed by atoms with van der Waals surface area (Å²) in [5.41, 5.74) is 9.44. The summed E-state index contributed by atoms with van der Waals surface area (Å²) in [6.07, 6.45) is 1.38. The van der Waals surface area contributed by atoms with Crippen molar-refractivity contribution in [1.29, 1.82) is 0 Å². The maximum atomic E-state index is 8.58. The molecule has 2 fully saturated rings. The lowest BCUT2D eigenvalue weighted by atomic mass is 10.0. The van der Waals surface area contributed by atoms with Gasteiger partial charge in [-0.2, -0.15) is 0 Å². The molecular formula is C18H26N4O2. The van der Waals surface area contributed by atoms with Gasteiger partial charge in [0, 0.05) is 49.4 Å². The number of nitrogens with zero attached hydrogens (tertiary/aromatic N) is 1. The Kier molecular flexibility index (Phi) is 5.06. The van der Waals surface area contributed by atoms with Crippen molar-refractivity contribution in [3.05, 3.63) is 29.5 Å². The number of carbonyl (C=O) groups excluding carboxylic acids is 1. The Morgan fingerprint density at radius 2 is 2.12 bits per heavy atom. The second-order valence-electron chi connectivity index (χ2n) is 6.53. The van der Waals surface area contributed by atoms with Crippen LogP contribution in [0.4, 0.5) is 5.69 Å². The second-order valence-corrected chi connectivity index (χ2v) is 6.53. The highest BCUT2D eigenvalue weighted by atomic mass is 16.5. The molecule has 0 aliphatic carbocycles. The molecule has 0 radical (unpaired) electrons. The molecule has 2 aliphatic heterocycles. The fourth-order valence-electron chi connectivity index (χ4n) is 3.42. The third-order valence-electron chi connectivity index (χ3n) is 5.06. The van der Waals surface area contributed by atoms with E-state index in [1.165, 1.54) is 27.8 Å². The summed E-state index contributed by atoms with van der Waals surface area (Å²) in [5, 5.41) is 4.71. The minimum absolute atomic E-state index is 0.250. The zero-order valence-electron chi connectivity index (χ0n) is 14.3. The van der Waals surface area contributed by atoms with Gasteiger partial charge >= 0.3 is 0 Å². The summed E-state index contributed by atoms with van der Waals surface area (Å²) in [7, 11) is 2.21. The van der Waals surface area contributed by atoms with Crippen LogP contribution in [0.5, 0.6) is 0 Å². The lowest BCUT2D eigenvalue weighted by Crippen LogP contribution is -2.56. The van der Waals surface area contributed by atoms with Crippen molar-refractivity contribution in [3.8, 4) is 0 Å². The number of H-pyrrole nitrogens is 1. The summed E-state index contributed by atoms with van der Waals surface area (Å²) >= 11 is 0. The van der Waals surface area contributed by atoms with Gasteiger partial charge in [0.05, 0.1) is 18.2 Å². The van der Waals surface area contributed by atoms with E-state index in [1.807, 2.05) is 0 Å². The Labute approximate surface area is 142 Å². The SMILES string of the molecule is Cc1ccc(N(C)C2CNC2)c2cc(C3CCOC3)[nH]c12.NC=O.